The van der Waals surface area contributed by atoms with Crippen LogP contribution in [0.4, 0.5) is 30.7 Å². The summed E-state index contributed by atoms with van der Waals surface area (Å²) in [5, 5.41) is 0. The Balaban J connectivity index is 1.78. The summed E-state index contributed by atoms with van der Waals surface area (Å²) in [6.07, 6.45) is -9.30. The molecule has 0 bridgehead atoms. The molecule has 1 fully saturated rings. The summed E-state index contributed by atoms with van der Waals surface area (Å²) < 4.78 is 98.1. The number of carbonyl (C=O) groups excluding carboxylic acids is 1. The van der Waals surface area contributed by atoms with Gasteiger partial charge in [0.05, 0.1) is 30.4 Å². The third-order valence-corrected chi connectivity index (χ3v) is 6.16. The maximum Gasteiger partial charge on any atom is 0.416 e. The Morgan fingerprint density at radius 1 is 1.00 bits per heavy atom. The first-order valence-corrected chi connectivity index (χ1v) is 10.9. The number of ether oxygens (including phenoxy) is 1. The average molecular weight is 506 g/mol. The molecule has 0 unspecified atom stereocenters. The van der Waals surface area contributed by atoms with Crippen molar-refractivity contribution in [2.75, 3.05) is 20.2 Å². The van der Waals surface area contributed by atoms with Gasteiger partial charge >= 0.3 is 12.4 Å². The van der Waals surface area contributed by atoms with Crippen LogP contribution in [0.2, 0.25) is 0 Å². The SMILES string of the molecule is CN(CC(N)=O)[C@@H]1CC[C@H](OCCc2cc(C(F)(F)F)cc(C(F)(F)F)c2)[C@H]1c1ccc(F)cc1. The highest BCUT2D eigenvalue weighted by Gasteiger charge is 2.40. The smallest absolute Gasteiger partial charge is 0.377 e. The lowest BCUT2D eigenvalue weighted by molar-refractivity contribution is -0.143. The maximum atomic E-state index is 13.5. The lowest BCUT2D eigenvalue weighted by Gasteiger charge is -2.31. The van der Waals surface area contributed by atoms with Gasteiger partial charge in [-0.3, -0.25) is 9.69 Å². The van der Waals surface area contributed by atoms with E-state index in [0.29, 0.717) is 25.0 Å². The fourth-order valence-electron chi connectivity index (χ4n) is 4.60. The molecule has 1 aliphatic carbocycles. The normalized spacial score (nSPS) is 21.0. The van der Waals surface area contributed by atoms with Crippen LogP contribution in [0.5, 0.6) is 0 Å². The van der Waals surface area contributed by atoms with Gasteiger partial charge in [-0.05, 0) is 67.8 Å². The standard InChI is InChI=1S/C24H25F7N2O2/c1-33(13-21(32)34)19-6-7-20(22(19)15-2-4-18(25)5-3-15)35-9-8-14-10-16(23(26,27)28)12-17(11-14)24(29,30)31/h2-5,10-12,19-20,22H,6-9,13H2,1H3,(H2,32,34)/t19-,20+,22+/m1/s1. The van der Waals surface area contributed by atoms with Crippen molar-refractivity contribution in [3.63, 3.8) is 0 Å². The summed E-state index contributed by atoms with van der Waals surface area (Å²) in [6.45, 7) is -0.132. The zero-order valence-corrected chi connectivity index (χ0v) is 18.8. The molecule has 35 heavy (non-hydrogen) atoms. The second-order valence-corrected chi connectivity index (χ2v) is 8.68. The van der Waals surface area contributed by atoms with Gasteiger partial charge < -0.3 is 10.5 Å². The summed E-state index contributed by atoms with van der Waals surface area (Å²) in [4.78, 5) is 13.2. The van der Waals surface area contributed by atoms with E-state index in [2.05, 4.69) is 0 Å². The number of alkyl halides is 6. The van der Waals surface area contributed by atoms with Crippen molar-refractivity contribution in [1.29, 1.82) is 0 Å². The van der Waals surface area contributed by atoms with Gasteiger partial charge in [0.1, 0.15) is 5.82 Å². The third kappa shape index (κ3) is 6.94. The first kappa shape index (κ1) is 26.9. The number of rotatable bonds is 8. The number of nitrogens with two attached hydrogens (primary N) is 1. The van der Waals surface area contributed by atoms with E-state index in [1.807, 2.05) is 0 Å². The molecule has 2 N–H and O–H groups in total. The molecule has 1 saturated carbocycles. The van der Waals surface area contributed by atoms with Gasteiger partial charge in [0.2, 0.25) is 5.91 Å². The lowest BCUT2D eigenvalue weighted by Crippen LogP contribution is -2.41. The van der Waals surface area contributed by atoms with Crippen LogP contribution >= 0.6 is 0 Å². The van der Waals surface area contributed by atoms with Gasteiger partial charge in [0.25, 0.3) is 0 Å². The van der Waals surface area contributed by atoms with Crippen LogP contribution in [-0.2, 0) is 28.3 Å². The summed E-state index contributed by atoms with van der Waals surface area (Å²) in [6, 6.07) is 7.05. The van der Waals surface area contributed by atoms with Gasteiger partial charge in [0, 0.05) is 12.0 Å². The molecule has 2 aromatic rings. The van der Waals surface area contributed by atoms with Crippen LogP contribution in [0.1, 0.15) is 41.0 Å². The van der Waals surface area contributed by atoms with Crippen LogP contribution in [0.3, 0.4) is 0 Å². The number of carbonyl (C=O) groups is 1. The second kappa shape index (κ2) is 10.5. The Kier molecular flexibility index (Phi) is 8.10. The van der Waals surface area contributed by atoms with Crippen LogP contribution in [-0.4, -0.2) is 43.2 Å². The molecule has 1 aliphatic rings. The molecule has 0 heterocycles. The Morgan fingerprint density at radius 2 is 1.57 bits per heavy atom. The van der Waals surface area contributed by atoms with E-state index in [0.717, 1.165) is 5.56 Å². The first-order chi connectivity index (χ1) is 16.3. The Morgan fingerprint density at radius 3 is 2.09 bits per heavy atom. The van der Waals surface area contributed by atoms with Crippen molar-refractivity contribution in [2.24, 2.45) is 5.73 Å². The minimum atomic E-state index is -4.92. The highest BCUT2D eigenvalue weighted by molar-refractivity contribution is 5.75. The van der Waals surface area contributed by atoms with E-state index < -0.39 is 41.3 Å². The van der Waals surface area contributed by atoms with E-state index in [1.165, 1.54) is 12.1 Å². The van der Waals surface area contributed by atoms with E-state index >= 15 is 0 Å². The highest BCUT2D eigenvalue weighted by atomic mass is 19.4. The number of likely N-dealkylation sites (N-methyl/N-ethyl adjacent to an activating group) is 1. The number of amides is 1. The van der Waals surface area contributed by atoms with Crippen molar-refractivity contribution < 1.29 is 40.3 Å². The van der Waals surface area contributed by atoms with E-state index in [4.69, 9.17) is 10.5 Å². The topological polar surface area (TPSA) is 55.6 Å². The van der Waals surface area contributed by atoms with E-state index in [9.17, 15) is 35.5 Å². The Bertz CT molecular complexity index is 990. The molecule has 0 saturated heterocycles. The molecular weight excluding hydrogens is 481 g/mol. The fourth-order valence-corrected chi connectivity index (χ4v) is 4.60. The van der Waals surface area contributed by atoms with Gasteiger partial charge in [-0.1, -0.05) is 12.1 Å². The largest absolute Gasteiger partial charge is 0.416 e. The van der Waals surface area contributed by atoms with Crippen molar-refractivity contribution >= 4 is 5.91 Å². The fraction of sp³-hybridized carbons (Fsp3) is 0.458. The quantitative estimate of drug-likeness (QED) is 0.504. The minimum Gasteiger partial charge on any atom is -0.377 e. The second-order valence-electron chi connectivity index (χ2n) is 8.68. The van der Waals surface area contributed by atoms with Crippen LogP contribution in [0.25, 0.3) is 0 Å². The van der Waals surface area contributed by atoms with Gasteiger partial charge in [-0.15, -0.1) is 0 Å². The predicted molar refractivity (Wildman–Crippen MR) is 114 cm³/mol. The van der Waals surface area contributed by atoms with Crippen LogP contribution in [0.15, 0.2) is 42.5 Å². The molecule has 0 radical (unpaired) electrons. The third-order valence-electron chi connectivity index (χ3n) is 6.16. The number of nitrogens with zero attached hydrogens (tertiary/aromatic N) is 1. The number of hydrogen-bond donors (Lipinski definition) is 1. The summed E-state index contributed by atoms with van der Waals surface area (Å²) in [5.74, 6) is -1.26. The van der Waals surface area contributed by atoms with Crippen molar-refractivity contribution in [3.8, 4) is 0 Å². The number of primary amides is 1. The number of hydrogen-bond acceptors (Lipinski definition) is 3. The van der Waals surface area contributed by atoms with E-state index in [-0.39, 0.29) is 43.2 Å². The Labute approximate surface area is 197 Å². The molecule has 11 heteroatoms. The molecule has 2 aromatic carbocycles. The molecule has 3 rings (SSSR count). The monoisotopic (exact) mass is 506 g/mol. The lowest BCUT2D eigenvalue weighted by atomic mass is 9.91. The van der Waals surface area contributed by atoms with Gasteiger partial charge in [-0.2, -0.15) is 26.3 Å². The molecular formula is C24H25F7N2O2. The van der Waals surface area contributed by atoms with Crippen LogP contribution < -0.4 is 5.73 Å². The minimum absolute atomic E-state index is 0.0144. The maximum absolute atomic E-state index is 13.5. The molecule has 4 nitrogen and oxygen atoms in total. The summed E-state index contributed by atoms with van der Waals surface area (Å²) >= 11 is 0. The highest BCUT2D eigenvalue weighted by Crippen LogP contribution is 2.40. The van der Waals surface area contributed by atoms with Crippen molar-refractivity contribution in [2.45, 2.75) is 49.7 Å². The van der Waals surface area contributed by atoms with E-state index in [1.54, 1.807) is 24.1 Å². The van der Waals surface area contributed by atoms with Gasteiger partial charge in [0.15, 0.2) is 0 Å². The average Bonchev–Trinajstić information content (AvgIpc) is 3.16. The summed E-state index contributed by atoms with van der Waals surface area (Å²) in [5.41, 5.74) is 3.16. The molecule has 192 valence electrons. The zero-order chi connectivity index (χ0) is 26.0. The number of benzene rings is 2. The van der Waals surface area contributed by atoms with Gasteiger partial charge in [-0.25, -0.2) is 4.39 Å². The molecule has 0 spiro atoms. The molecule has 3 atom stereocenters. The molecule has 0 aromatic heterocycles. The number of halogens is 7. The zero-order valence-electron chi connectivity index (χ0n) is 18.8. The van der Waals surface area contributed by atoms with Crippen LogP contribution in [0, 0.1) is 5.82 Å². The molecule has 0 aliphatic heterocycles. The first-order valence-electron chi connectivity index (χ1n) is 10.9. The van der Waals surface area contributed by atoms with Crippen molar-refractivity contribution in [3.05, 3.63) is 70.5 Å². The Hall–Kier alpha value is -2.66. The molecule has 1 amide bonds. The summed E-state index contributed by atoms with van der Waals surface area (Å²) in [7, 11) is 1.72. The van der Waals surface area contributed by atoms with Crippen molar-refractivity contribution in [1.82, 2.24) is 4.90 Å². The predicted octanol–water partition coefficient (Wildman–Crippen LogP) is 5.15.